The van der Waals surface area contributed by atoms with E-state index in [1.54, 1.807) is 13.2 Å². The fourth-order valence-electron chi connectivity index (χ4n) is 2.38. The van der Waals surface area contributed by atoms with Gasteiger partial charge < -0.3 is 4.74 Å². The summed E-state index contributed by atoms with van der Waals surface area (Å²) < 4.78 is 5.29. The molecule has 1 unspecified atom stereocenters. The standard InChI is InChI=1S/C21H34N2O2/c1-14(20(3,4)5)13-18(21(6,7)8)22-23-19(24)16-11-10-12-17(25-9)15(16)2/h10-12,14H,13H2,1-9H3,(H,23,24)/b22-18+. The van der Waals surface area contributed by atoms with Gasteiger partial charge >= 0.3 is 0 Å². The predicted octanol–water partition coefficient (Wildman–Crippen LogP) is 5.21. The topological polar surface area (TPSA) is 50.7 Å². The van der Waals surface area contributed by atoms with Crippen molar-refractivity contribution in [1.82, 2.24) is 5.43 Å². The maximum Gasteiger partial charge on any atom is 0.271 e. The zero-order valence-corrected chi connectivity index (χ0v) is 17.3. The molecule has 0 radical (unpaired) electrons. The summed E-state index contributed by atoms with van der Waals surface area (Å²) in [6.45, 7) is 17.2. The van der Waals surface area contributed by atoms with Gasteiger partial charge in [-0.25, -0.2) is 5.43 Å². The van der Waals surface area contributed by atoms with Crippen molar-refractivity contribution < 1.29 is 9.53 Å². The summed E-state index contributed by atoms with van der Waals surface area (Å²) >= 11 is 0. The quantitative estimate of drug-likeness (QED) is 0.588. The Morgan fingerprint density at radius 3 is 2.28 bits per heavy atom. The Morgan fingerprint density at radius 1 is 1.20 bits per heavy atom. The van der Waals surface area contributed by atoms with Crippen LogP contribution in [0.5, 0.6) is 5.75 Å². The molecule has 1 aromatic rings. The van der Waals surface area contributed by atoms with Gasteiger partial charge in [-0.3, -0.25) is 4.79 Å². The summed E-state index contributed by atoms with van der Waals surface area (Å²) in [6.07, 6.45) is 0.852. The van der Waals surface area contributed by atoms with Crippen LogP contribution in [0, 0.1) is 23.7 Å². The Labute approximate surface area is 153 Å². The van der Waals surface area contributed by atoms with E-state index in [1.807, 2.05) is 19.1 Å². The minimum Gasteiger partial charge on any atom is -0.496 e. The normalized spacial score (nSPS) is 14.2. The Morgan fingerprint density at radius 2 is 1.80 bits per heavy atom. The summed E-state index contributed by atoms with van der Waals surface area (Å²) in [4.78, 5) is 12.6. The molecule has 1 N–H and O–H groups in total. The lowest BCUT2D eigenvalue weighted by atomic mass is 9.75. The number of rotatable bonds is 5. The first-order chi connectivity index (χ1) is 11.4. The maximum absolute atomic E-state index is 12.6. The molecule has 0 heterocycles. The summed E-state index contributed by atoms with van der Waals surface area (Å²) in [6, 6.07) is 5.45. The molecule has 0 aliphatic rings. The highest BCUT2D eigenvalue weighted by Crippen LogP contribution is 2.32. The largest absolute Gasteiger partial charge is 0.496 e. The van der Waals surface area contributed by atoms with Crippen LogP contribution in [-0.2, 0) is 0 Å². The molecule has 0 aliphatic heterocycles. The van der Waals surface area contributed by atoms with Crippen molar-refractivity contribution in [2.24, 2.45) is 21.8 Å². The number of nitrogens with zero attached hydrogens (tertiary/aromatic N) is 1. The van der Waals surface area contributed by atoms with E-state index < -0.39 is 0 Å². The van der Waals surface area contributed by atoms with Crippen LogP contribution < -0.4 is 10.2 Å². The minimum absolute atomic E-state index is 0.101. The average Bonchev–Trinajstić information content (AvgIpc) is 2.48. The van der Waals surface area contributed by atoms with Crippen LogP contribution in [0.3, 0.4) is 0 Å². The van der Waals surface area contributed by atoms with E-state index in [0.29, 0.717) is 17.2 Å². The highest BCUT2D eigenvalue weighted by Gasteiger charge is 2.27. The number of benzene rings is 1. The molecule has 0 spiro atoms. The van der Waals surface area contributed by atoms with Crippen molar-refractivity contribution in [1.29, 1.82) is 0 Å². The van der Waals surface area contributed by atoms with Crippen molar-refractivity contribution >= 4 is 11.6 Å². The van der Waals surface area contributed by atoms with Crippen molar-refractivity contribution in [2.45, 2.75) is 61.8 Å². The van der Waals surface area contributed by atoms with Gasteiger partial charge in [0.05, 0.1) is 7.11 Å². The lowest BCUT2D eigenvalue weighted by Gasteiger charge is -2.31. The lowest BCUT2D eigenvalue weighted by Crippen LogP contribution is -2.31. The molecule has 0 aliphatic carbocycles. The molecule has 4 heteroatoms. The van der Waals surface area contributed by atoms with Gasteiger partial charge in [-0.05, 0) is 36.8 Å². The van der Waals surface area contributed by atoms with Gasteiger partial charge in [0.2, 0.25) is 0 Å². The van der Waals surface area contributed by atoms with Gasteiger partial charge in [0.15, 0.2) is 0 Å². The van der Waals surface area contributed by atoms with E-state index >= 15 is 0 Å². The molecule has 0 saturated heterocycles. The van der Waals surface area contributed by atoms with E-state index in [2.05, 4.69) is 59.0 Å². The van der Waals surface area contributed by atoms with Crippen LogP contribution in [0.1, 0.15) is 70.8 Å². The smallest absolute Gasteiger partial charge is 0.271 e. The second-order valence-electron chi connectivity index (χ2n) is 8.85. The minimum atomic E-state index is -0.207. The SMILES string of the molecule is COc1cccc(C(=O)N/N=C(\CC(C)C(C)(C)C)C(C)(C)C)c1C. The first-order valence-corrected chi connectivity index (χ1v) is 8.89. The molecule has 1 atom stereocenters. The van der Waals surface area contributed by atoms with Gasteiger partial charge in [0.25, 0.3) is 5.91 Å². The molecule has 140 valence electrons. The average molecular weight is 347 g/mol. The molecule has 0 saturated carbocycles. The second kappa shape index (κ2) is 8.03. The summed E-state index contributed by atoms with van der Waals surface area (Å²) in [5.41, 5.74) is 5.25. The van der Waals surface area contributed by atoms with Crippen molar-refractivity contribution in [3.8, 4) is 5.75 Å². The Kier molecular flexibility index (Phi) is 6.81. The summed E-state index contributed by atoms with van der Waals surface area (Å²) in [7, 11) is 1.60. The van der Waals surface area contributed by atoms with Crippen molar-refractivity contribution in [2.75, 3.05) is 7.11 Å². The molecule has 1 aromatic carbocycles. The van der Waals surface area contributed by atoms with Crippen LogP contribution in [0.15, 0.2) is 23.3 Å². The van der Waals surface area contributed by atoms with Gasteiger partial charge in [0, 0.05) is 22.3 Å². The molecule has 25 heavy (non-hydrogen) atoms. The fourth-order valence-corrected chi connectivity index (χ4v) is 2.38. The third-order valence-corrected chi connectivity index (χ3v) is 4.88. The number of ether oxygens (including phenoxy) is 1. The van der Waals surface area contributed by atoms with Crippen LogP contribution in [0.4, 0.5) is 0 Å². The fraction of sp³-hybridized carbons (Fsp3) is 0.619. The molecule has 0 fully saturated rings. The highest BCUT2D eigenvalue weighted by atomic mass is 16.5. The summed E-state index contributed by atoms with van der Waals surface area (Å²) in [5, 5.41) is 4.50. The van der Waals surface area contributed by atoms with E-state index in [0.717, 1.165) is 17.7 Å². The number of hydrogen-bond donors (Lipinski definition) is 1. The first-order valence-electron chi connectivity index (χ1n) is 8.89. The van der Waals surface area contributed by atoms with Crippen LogP contribution >= 0.6 is 0 Å². The number of amides is 1. The zero-order valence-electron chi connectivity index (χ0n) is 17.3. The zero-order chi connectivity index (χ0) is 19.4. The predicted molar refractivity (Wildman–Crippen MR) is 105 cm³/mol. The number of carbonyl (C=O) groups is 1. The summed E-state index contributed by atoms with van der Waals surface area (Å²) in [5.74, 6) is 0.955. The van der Waals surface area contributed by atoms with Crippen LogP contribution in [0.2, 0.25) is 0 Å². The monoisotopic (exact) mass is 346 g/mol. The molecule has 0 aromatic heterocycles. The number of nitrogens with one attached hydrogen (secondary N) is 1. The molecule has 0 bridgehead atoms. The number of hydrazone groups is 1. The second-order valence-corrected chi connectivity index (χ2v) is 8.85. The molecule has 4 nitrogen and oxygen atoms in total. The molecular formula is C21H34N2O2. The number of methoxy groups -OCH3 is 1. The van der Waals surface area contributed by atoms with Gasteiger partial charge in [-0.1, -0.05) is 54.5 Å². The Balaban J connectivity index is 3.03. The Hall–Kier alpha value is -1.84. The number of carbonyl (C=O) groups excluding carboxylic acids is 1. The molecule has 1 rings (SSSR count). The Bertz CT molecular complexity index is 634. The van der Waals surface area contributed by atoms with Crippen LogP contribution in [-0.4, -0.2) is 18.7 Å². The van der Waals surface area contributed by atoms with E-state index in [4.69, 9.17) is 4.74 Å². The van der Waals surface area contributed by atoms with Crippen molar-refractivity contribution in [3.63, 3.8) is 0 Å². The van der Waals surface area contributed by atoms with Gasteiger partial charge in [0.1, 0.15) is 5.75 Å². The molecular weight excluding hydrogens is 312 g/mol. The van der Waals surface area contributed by atoms with E-state index in [9.17, 15) is 4.79 Å². The highest BCUT2D eigenvalue weighted by molar-refractivity contribution is 5.98. The van der Waals surface area contributed by atoms with E-state index in [-0.39, 0.29) is 16.7 Å². The van der Waals surface area contributed by atoms with E-state index in [1.165, 1.54) is 0 Å². The number of hydrogen-bond acceptors (Lipinski definition) is 3. The first kappa shape index (κ1) is 21.2. The maximum atomic E-state index is 12.6. The third kappa shape index (κ3) is 5.87. The van der Waals surface area contributed by atoms with Crippen LogP contribution in [0.25, 0.3) is 0 Å². The third-order valence-electron chi connectivity index (χ3n) is 4.88. The lowest BCUT2D eigenvalue weighted by molar-refractivity contribution is 0.0953. The van der Waals surface area contributed by atoms with Gasteiger partial charge in [-0.15, -0.1) is 0 Å². The van der Waals surface area contributed by atoms with Gasteiger partial charge in [-0.2, -0.15) is 5.10 Å². The van der Waals surface area contributed by atoms with Crippen molar-refractivity contribution in [3.05, 3.63) is 29.3 Å². The molecule has 1 amide bonds.